The van der Waals surface area contributed by atoms with Gasteiger partial charge in [0.15, 0.2) is 0 Å². The molecule has 2 amide bonds. The van der Waals surface area contributed by atoms with Crippen molar-refractivity contribution in [2.45, 2.75) is 69.2 Å². The van der Waals surface area contributed by atoms with Crippen LogP contribution in [0.2, 0.25) is 0 Å². The first-order chi connectivity index (χ1) is 13.8. The van der Waals surface area contributed by atoms with Crippen molar-refractivity contribution in [3.8, 4) is 0 Å². The molecule has 1 N–H and O–H groups in total. The first-order valence-electron chi connectivity index (χ1n) is 11.1. The summed E-state index contributed by atoms with van der Waals surface area (Å²) in [7, 11) is 1.37. The topological polar surface area (TPSA) is 58.6 Å². The Morgan fingerprint density at radius 3 is 2.59 bits per heavy atom. The van der Waals surface area contributed by atoms with E-state index in [-0.39, 0.29) is 17.4 Å². The van der Waals surface area contributed by atoms with Crippen LogP contribution in [0.5, 0.6) is 0 Å². The lowest BCUT2D eigenvalue weighted by atomic mass is 9.68. The van der Waals surface area contributed by atoms with Gasteiger partial charge in [0.1, 0.15) is 0 Å². The number of hydrogen-bond acceptors (Lipinski definition) is 3. The lowest BCUT2D eigenvalue weighted by molar-refractivity contribution is -0.142. The number of carbonyl (C=O) groups excluding carboxylic acids is 2. The van der Waals surface area contributed by atoms with Gasteiger partial charge in [-0.1, -0.05) is 18.2 Å². The molecule has 1 saturated heterocycles. The molecule has 1 heterocycles. The monoisotopic (exact) mass is 396 g/mol. The second kappa shape index (κ2) is 6.48. The number of fused-ring (bicyclic) bond motifs is 1. The molecule has 5 heteroatoms. The second-order valence-corrected chi connectivity index (χ2v) is 10.2. The van der Waals surface area contributed by atoms with Crippen molar-refractivity contribution >= 4 is 12.0 Å². The zero-order valence-electron chi connectivity index (χ0n) is 17.8. The Bertz CT molecular complexity index is 856. The molecular formula is C24H32N2O3. The van der Waals surface area contributed by atoms with Gasteiger partial charge in [-0.05, 0) is 80.9 Å². The van der Waals surface area contributed by atoms with E-state index in [0.717, 1.165) is 25.4 Å². The van der Waals surface area contributed by atoms with Crippen LogP contribution in [0.4, 0.5) is 4.79 Å². The summed E-state index contributed by atoms with van der Waals surface area (Å²) >= 11 is 0. The Balaban J connectivity index is 1.19. The number of methoxy groups -OCH3 is 1. The van der Waals surface area contributed by atoms with Crippen molar-refractivity contribution in [1.82, 2.24) is 10.2 Å². The molecule has 5 nitrogen and oxygen atoms in total. The number of alkyl carbamates (subject to hydrolysis) is 1. The normalized spacial score (nSPS) is 35.3. The summed E-state index contributed by atoms with van der Waals surface area (Å²) in [6, 6.07) is 7.15. The molecule has 0 aromatic heterocycles. The van der Waals surface area contributed by atoms with Crippen LogP contribution < -0.4 is 5.32 Å². The largest absolute Gasteiger partial charge is 0.453 e. The van der Waals surface area contributed by atoms with Crippen LogP contribution in [-0.2, 0) is 14.9 Å². The van der Waals surface area contributed by atoms with Gasteiger partial charge in [-0.3, -0.25) is 4.79 Å². The maximum absolute atomic E-state index is 13.0. The molecule has 3 aliphatic carbocycles. The molecule has 0 spiro atoms. The highest BCUT2D eigenvalue weighted by Gasteiger charge is 2.59. The smallest absolute Gasteiger partial charge is 0.407 e. The maximum atomic E-state index is 13.0. The van der Waals surface area contributed by atoms with E-state index in [9.17, 15) is 9.59 Å². The average Bonchev–Trinajstić information content (AvgIpc) is 3.58. The maximum Gasteiger partial charge on any atom is 0.407 e. The second-order valence-electron chi connectivity index (χ2n) is 10.2. The lowest BCUT2D eigenvalue weighted by Crippen LogP contribution is -2.59. The molecule has 1 aromatic carbocycles. The summed E-state index contributed by atoms with van der Waals surface area (Å²) in [5.74, 6) is 1.71. The van der Waals surface area contributed by atoms with Gasteiger partial charge in [-0.25, -0.2) is 4.79 Å². The number of rotatable bonds is 4. The van der Waals surface area contributed by atoms with Crippen molar-refractivity contribution in [1.29, 1.82) is 0 Å². The Kier molecular flexibility index (Phi) is 4.24. The summed E-state index contributed by atoms with van der Waals surface area (Å²) in [5, 5.41) is 2.87. The predicted octanol–water partition coefficient (Wildman–Crippen LogP) is 3.89. The molecule has 1 aromatic rings. The molecule has 29 heavy (non-hydrogen) atoms. The molecule has 5 rings (SSSR count). The van der Waals surface area contributed by atoms with Crippen LogP contribution in [0.25, 0.3) is 0 Å². The number of piperidine rings is 1. The minimum atomic E-state index is -0.415. The third-order valence-corrected chi connectivity index (χ3v) is 7.98. The Hall–Kier alpha value is -2.04. The van der Waals surface area contributed by atoms with Gasteiger partial charge in [0, 0.05) is 30.0 Å². The number of nitrogens with zero attached hydrogens (tertiary/aromatic N) is 1. The first kappa shape index (κ1) is 19.0. The standard InChI is InChI=1S/C24H32N2O3/c1-15-10-17(16-4-5-16)6-7-20(15)24-8-9-26(14-19(24)13-24)21(27)18-11-23(2,12-18)25-22(28)29-3/h6-7,10,16,18-19H,4-5,8-9,11-14H2,1-3H3,(H,25,28). The van der Waals surface area contributed by atoms with E-state index < -0.39 is 6.09 Å². The van der Waals surface area contributed by atoms with E-state index in [4.69, 9.17) is 4.74 Å². The van der Waals surface area contributed by atoms with E-state index in [1.54, 1.807) is 0 Å². The van der Waals surface area contributed by atoms with E-state index in [2.05, 4.69) is 35.3 Å². The van der Waals surface area contributed by atoms with Crippen molar-refractivity contribution in [3.05, 3.63) is 34.9 Å². The summed E-state index contributed by atoms with van der Waals surface area (Å²) in [5.41, 5.74) is 4.48. The molecule has 156 valence electrons. The highest BCUT2D eigenvalue weighted by Crippen LogP contribution is 2.60. The summed E-state index contributed by atoms with van der Waals surface area (Å²) in [6.07, 6.45) is 5.98. The summed E-state index contributed by atoms with van der Waals surface area (Å²) in [4.78, 5) is 26.6. The third kappa shape index (κ3) is 3.23. The molecule has 0 radical (unpaired) electrons. The fourth-order valence-corrected chi connectivity index (χ4v) is 6.06. The average molecular weight is 397 g/mol. The molecule has 1 aliphatic heterocycles. The van der Waals surface area contributed by atoms with Crippen molar-refractivity contribution < 1.29 is 14.3 Å². The van der Waals surface area contributed by atoms with Gasteiger partial charge in [-0.2, -0.15) is 0 Å². The number of aryl methyl sites for hydroxylation is 1. The Morgan fingerprint density at radius 2 is 1.97 bits per heavy atom. The van der Waals surface area contributed by atoms with E-state index in [1.807, 2.05) is 6.92 Å². The number of amides is 2. The van der Waals surface area contributed by atoms with Crippen LogP contribution in [0, 0.1) is 18.8 Å². The number of carbonyl (C=O) groups is 2. The van der Waals surface area contributed by atoms with Gasteiger partial charge >= 0.3 is 6.09 Å². The van der Waals surface area contributed by atoms with Crippen LogP contribution >= 0.6 is 0 Å². The fourth-order valence-electron chi connectivity index (χ4n) is 6.06. The first-order valence-corrected chi connectivity index (χ1v) is 11.1. The van der Waals surface area contributed by atoms with Crippen LogP contribution in [-0.4, -0.2) is 42.6 Å². The van der Waals surface area contributed by atoms with Gasteiger partial charge in [0.05, 0.1) is 7.11 Å². The zero-order valence-corrected chi connectivity index (χ0v) is 17.8. The molecule has 0 bridgehead atoms. The molecular weight excluding hydrogens is 364 g/mol. The SMILES string of the molecule is COC(=O)NC1(C)CC(C(=O)N2CCC3(c4ccc(C5CC5)cc4C)CC3C2)C1. The summed E-state index contributed by atoms with van der Waals surface area (Å²) < 4.78 is 4.69. The van der Waals surface area contributed by atoms with Gasteiger partial charge in [-0.15, -0.1) is 0 Å². The number of nitrogens with one attached hydrogen (secondary N) is 1. The molecule has 4 aliphatic rings. The quantitative estimate of drug-likeness (QED) is 0.840. The zero-order chi connectivity index (χ0) is 20.4. The Morgan fingerprint density at radius 1 is 1.21 bits per heavy atom. The highest BCUT2D eigenvalue weighted by molar-refractivity contribution is 5.81. The third-order valence-electron chi connectivity index (χ3n) is 7.98. The van der Waals surface area contributed by atoms with E-state index in [1.165, 1.54) is 43.1 Å². The van der Waals surface area contributed by atoms with Crippen LogP contribution in [0.3, 0.4) is 0 Å². The Labute approximate surface area is 173 Å². The molecule has 2 unspecified atom stereocenters. The number of ether oxygens (including phenoxy) is 1. The van der Waals surface area contributed by atoms with Crippen molar-refractivity contribution in [2.24, 2.45) is 11.8 Å². The number of benzene rings is 1. The van der Waals surface area contributed by atoms with E-state index >= 15 is 0 Å². The van der Waals surface area contributed by atoms with Gasteiger partial charge < -0.3 is 15.0 Å². The fraction of sp³-hybridized carbons (Fsp3) is 0.667. The van der Waals surface area contributed by atoms with Crippen molar-refractivity contribution in [2.75, 3.05) is 20.2 Å². The molecule has 3 saturated carbocycles. The van der Waals surface area contributed by atoms with Gasteiger partial charge in [0.25, 0.3) is 0 Å². The van der Waals surface area contributed by atoms with E-state index in [0.29, 0.717) is 24.2 Å². The number of hydrogen-bond donors (Lipinski definition) is 1. The highest BCUT2D eigenvalue weighted by atomic mass is 16.5. The summed E-state index contributed by atoms with van der Waals surface area (Å²) in [6.45, 7) is 6.01. The molecule has 4 fully saturated rings. The lowest BCUT2D eigenvalue weighted by Gasteiger charge is -2.46. The van der Waals surface area contributed by atoms with Crippen LogP contribution in [0.15, 0.2) is 18.2 Å². The number of likely N-dealkylation sites (tertiary alicyclic amines) is 1. The van der Waals surface area contributed by atoms with Crippen molar-refractivity contribution in [3.63, 3.8) is 0 Å². The molecule has 2 atom stereocenters. The predicted molar refractivity (Wildman–Crippen MR) is 111 cm³/mol. The minimum absolute atomic E-state index is 0.0305. The minimum Gasteiger partial charge on any atom is -0.453 e. The van der Waals surface area contributed by atoms with Crippen LogP contribution in [0.1, 0.15) is 68.1 Å². The van der Waals surface area contributed by atoms with Gasteiger partial charge in [0.2, 0.25) is 5.91 Å².